The summed E-state index contributed by atoms with van der Waals surface area (Å²) in [4.78, 5) is 32.5. The number of amides is 1. The van der Waals surface area contributed by atoms with Gasteiger partial charge in [-0.15, -0.1) is 5.10 Å². The number of carbonyl (C=O) groups is 1. The molecular formula is C16H11ClN6O2. The van der Waals surface area contributed by atoms with E-state index in [4.69, 9.17) is 11.6 Å². The molecule has 4 rings (SSSR count). The quantitative estimate of drug-likeness (QED) is 0.604. The first-order valence-corrected chi connectivity index (χ1v) is 7.74. The van der Waals surface area contributed by atoms with Crippen LogP contribution in [0.4, 0.5) is 5.82 Å². The molecule has 0 spiro atoms. The number of nitrogens with zero attached hydrogens (tertiary/aromatic N) is 5. The SMILES string of the molecule is O=C(Cn1nc(Cl)n2c(cc3ccccc32)c1=O)Nc1ccncn1. The second-order valence-corrected chi connectivity index (χ2v) is 5.64. The molecule has 0 saturated carbocycles. The number of fused-ring (bicyclic) bond motifs is 3. The Labute approximate surface area is 145 Å². The highest BCUT2D eigenvalue weighted by atomic mass is 35.5. The van der Waals surface area contributed by atoms with Gasteiger partial charge in [0.05, 0.1) is 5.52 Å². The average molecular weight is 355 g/mol. The Morgan fingerprint density at radius 2 is 2.04 bits per heavy atom. The molecule has 3 aromatic heterocycles. The first-order chi connectivity index (χ1) is 12.1. The zero-order chi connectivity index (χ0) is 17.4. The summed E-state index contributed by atoms with van der Waals surface area (Å²) in [5.41, 5.74) is 0.735. The van der Waals surface area contributed by atoms with Gasteiger partial charge in [0.15, 0.2) is 0 Å². The molecule has 4 aromatic rings. The van der Waals surface area contributed by atoms with Crippen LogP contribution in [0.2, 0.25) is 5.28 Å². The monoisotopic (exact) mass is 354 g/mol. The van der Waals surface area contributed by atoms with Crippen LogP contribution in [0, 0.1) is 0 Å². The van der Waals surface area contributed by atoms with Gasteiger partial charge in [0.1, 0.15) is 24.2 Å². The van der Waals surface area contributed by atoms with E-state index in [9.17, 15) is 9.59 Å². The van der Waals surface area contributed by atoms with Gasteiger partial charge in [-0.3, -0.25) is 14.0 Å². The molecule has 0 fully saturated rings. The molecule has 1 amide bonds. The van der Waals surface area contributed by atoms with E-state index in [2.05, 4.69) is 20.4 Å². The molecule has 0 unspecified atom stereocenters. The number of para-hydroxylation sites is 1. The summed E-state index contributed by atoms with van der Waals surface area (Å²) in [7, 11) is 0. The van der Waals surface area contributed by atoms with Crippen molar-refractivity contribution in [1.29, 1.82) is 0 Å². The van der Waals surface area contributed by atoms with Crippen LogP contribution in [-0.4, -0.2) is 30.1 Å². The maximum Gasteiger partial charge on any atom is 0.291 e. The van der Waals surface area contributed by atoms with Gasteiger partial charge in [0, 0.05) is 11.6 Å². The van der Waals surface area contributed by atoms with Gasteiger partial charge in [-0.2, -0.15) is 0 Å². The molecule has 0 bridgehead atoms. The highest BCUT2D eigenvalue weighted by Crippen LogP contribution is 2.20. The van der Waals surface area contributed by atoms with Crippen molar-refractivity contribution >= 4 is 39.7 Å². The first-order valence-electron chi connectivity index (χ1n) is 7.36. The molecule has 1 aromatic carbocycles. The summed E-state index contributed by atoms with van der Waals surface area (Å²) in [5, 5.41) is 7.59. The van der Waals surface area contributed by atoms with Crippen LogP contribution in [0.5, 0.6) is 0 Å². The largest absolute Gasteiger partial charge is 0.309 e. The predicted octanol–water partition coefficient (Wildman–Crippen LogP) is 1.73. The minimum absolute atomic E-state index is 0.102. The van der Waals surface area contributed by atoms with Crippen molar-refractivity contribution in [2.75, 3.05) is 5.32 Å². The molecule has 25 heavy (non-hydrogen) atoms. The third-order valence-electron chi connectivity index (χ3n) is 3.69. The van der Waals surface area contributed by atoms with Crippen molar-refractivity contribution in [2.45, 2.75) is 6.54 Å². The van der Waals surface area contributed by atoms with E-state index in [1.165, 1.54) is 12.5 Å². The molecule has 1 N–H and O–H groups in total. The lowest BCUT2D eigenvalue weighted by atomic mass is 10.2. The summed E-state index contributed by atoms with van der Waals surface area (Å²) in [6.07, 6.45) is 2.82. The topological polar surface area (TPSA) is 94.2 Å². The van der Waals surface area contributed by atoms with Gasteiger partial charge in [-0.25, -0.2) is 14.6 Å². The number of hydrogen-bond acceptors (Lipinski definition) is 5. The van der Waals surface area contributed by atoms with E-state index < -0.39 is 11.5 Å². The van der Waals surface area contributed by atoms with E-state index >= 15 is 0 Å². The summed E-state index contributed by atoms with van der Waals surface area (Å²) >= 11 is 6.24. The number of benzene rings is 1. The average Bonchev–Trinajstić information content (AvgIpc) is 3.00. The van der Waals surface area contributed by atoms with Crippen LogP contribution < -0.4 is 10.9 Å². The minimum Gasteiger partial charge on any atom is -0.309 e. The summed E-state index contributed by atoms with van der Waals surface area (Å²) in [6, 6.07) is 10.7. The number of carbonyl (C=O) groups excluding carboxylic acids is 1. The lowest BCUT2D eigenvalue weighted by Gasteiger charge is -2.08. The smallest absolute Gasteiger partial charge is 0.291 e. The van der Waals surface area contributed by atoms with Crippen LogP contribution in [0.3, 0.4) is 0 Å². The molecule has 9 heteroatoms. The van der Waals surface area contributed by atoms with Gasteiger partial charge in [-0.05, 0) is 29.8 Å². The molecule has 8 nitrogen and oxygen atoms in total. The molecule has 3 heterocycles. The Morgan fingerprint density at radius 1 is 1.20 bits per heavy atom. The zero-order valence-electron chi connectivity index (χ0n) is 12.8. The van der Waals surface area contributed by atoms with Gasteiger partial charge < -0.3 is 5.32 Å². The number of nitrogens with one attached hydrogen (secondary N) is 1. The van der Waals surface area contributed by atoms with Gasteiger partial charge >= 0.3 is 0 Å². The van der Waals surface area contributed by atoms with Crippen molar-refractivity contribution in [3.05, 3.63) is 64.6 Å². The second kappa shape index (κ2) is 5.99. The highest BCUT2D eigenvalue weighted by Gasteiger charge is 2.15. The van der Waals surface area contributed by atoms with Gasteiger partial charge in [0.25, 0.3) is 5.56 Å². The van der Waals surface area contributed by atoms with Crippen LogP contribution in [0.1, 0.15) is 0 Å². The fourth-order valence-electron chi connectivity index (χ4n) is 2.62. The Balaban J connectivity index is 1.73. The van der Waals surface area contributed by atoms with Crippen molar-refractivity contribution in [3.8, 4) is 0 Å². The third kappa shape index (κ3) is 2.72. The fraction of sp³-hybridized carbons (Fsp3) is 0.0625. The van der Waals surface area contributed by atoms with Crippen LogP contribution in [0.15, 0.2) is 53.7 Å². The van der Waals surface area contributed by atoms with Gasteiger partial charge in [0.2, 0.25) is 11.2 Å². The number of aromatic nitrogens is 5. The first kappa shape index (κ1) is 15.3. The number of hydrogen-bond donors (Lipinski definition) is 1. The predicted molar refractivity (Wildman–Crippen MR) is 92.6 cm³/mol. The minimum atomic E-state index is -0.440. The van der Waals surface area contributed by atoms with E-state index in [-0.39, 0.29) is 11.8 Å². The van der Waals surface area contributed by atoms with Gasteiger partial charge in [-0.1, -0.05) is 18.2 Å². The maximum atomic E-state index is 12.7. The van der Waals surface area contributed by atoms with E-state index in [1.807, 2.05) is 24.3 Å². The lowest BCUT2D eigenvalue weighted by Crippen LogP contribution is -2.31. The van der Waals surface area contributed by atoms with Crippen molar-refractivity contribution in [1.82, 2.24) is 24.1 Å². The standard InChI is InChI=1S/C16H11ClN6O2/c17-16-21-22(8-14(24)20-13-5-6-18-9-19-13)15(25)12-7-10-3-1-2-4-11(10)23(12)16/h1-7,9H,8H2,(H,18,19,20,24). The maximum absolute atomic E-state index is 12.7. The third-order valence-corrected chi connectivity index (χ3v) is 3.94. The molecule has 124 valence electrons. The van der Waals surface area contributed by atoms with Crippen LogP contribution >= 0.6 is 11.6 Å². The van der Waals surface area contributed by atoms with Crippen molar-refractivity contribution < 1.29 is 4.79 Å². The normalized spacial score (nSPS) is 11.1. The molecular weight excluding hydrogens is 344 g/mol. The molecule has 0 radical (unpaired) electrons. The second-order valence-electron chi connectivity index (χ2n) is 5.30. The molecule has 0 aliphatic carbocycles. The number of halogens is 1. The summed E-state index contributed by atoms with van der Waals surface area (Å²) in [5.74, 6) is -0.0986. The van der Waals surface area contributed by atoms with Crippen LogP contribution in [0.25, 0.3) is 16.4 Å². The van der Waals surface area contributed by atoms with Crippen LogP contribution in [-0.2, 0) is 11.3 Å². The zero-order valence-corrected chi connectivity index (χ0v) is 13.5. The summed E-state index contributed by atoms with van der Waals surface area (Å²) < 4.78 is 2.60. The number of anilines is 1. The number of rotatable bonds is 3. The highest BCUT2D eigenvalue weighted by molar-refractivity contribution is 6.29. The molecule has 0 atom stereocenters. The Hall–Kier alpha value is -3.26. The Morgan fingerprint density at radius 3 is 2.84 bits per heavy atom. The Bertz CT molecular complexity index is 1150. The Kier molecular flexibility index (Phi) is 3.66. The van der Waals surface area contributed by atoms with Crippen molar-refractivity contribution in [3.63, 3.8) is 0 Å². The lowest BCUT2D eigenvalue weighted by molar-refractivity contribution is -0.117. The summed E-state index contributed by atoms with van der Waals surface area (Å²) in [6.45, 7) is -0.277. The fourth-order valence-corrected chi connectivity index (χ4v) is 2.90. The van der Waals surface area contributed by atoms with Crippen molar-refractivity contribution in [2.24, 2.45) is 0 Å². The molecule has 0 aliphatic rings. The van der Waals surface area contributed by atoms with E-state index in [1.54, 1.807) is 16.5 Å². The van der Waals surface area contributed by atoms with E-state index in [0.29, 0.717) is 11.3 Å². The molecule has 0 aliphatic heterocycles. The molecule has 0 saturated heterocycles. The van der Waals surface area contributed by atoms with E-state index in [0.717, 1.165) is 15.6 Å².